The topological polar surface area (TPSA) is 104 Å². The van der Waals surface area contributed by atoms with Gasteiger partial charge in [-0.3, -0.25) is 0 Å². The molecule has 2 N–H and O–H groups in total. The first-order valence-electron chi connectivity index (χ1n) is 5.51. The number of aliphatic carboxylic acids is 1. The molecule has 1 rings (SSSR count). The van der Waals surface area contributed by atoms with Crippen LogP contribution in [0.1, 0.15) is 15.9 Å². The van der Waals surface area contributed by atoms with E-state index in [2.05, 4.69) is 10.6 Å². The number of carboxylic acids is 2. The smallest absolute Gasteiger partial charge is 0.549 e. The van der Waals surface area contributed by atoms with Gasteiger partial charge >= 0.3 is 103 Å². The molecule has 20 heavy (non-hydrogen) atoms. The van der Waals surface area contributed by atoms with Gasteiger partial charge in [-0.05, 0) is 11.1 Å². The first-order chi connectivity index (χ1) is 8.59. The summed E-state index contributed by atoms with van der Waals surface area (Å²) in [5.74, 6) is -2.33. The van der Waals surface area contributed by atoms with E-state index < -0.39 is 11.9 Å². The molecule has 0 amide bonds. The van der Waals surface area contributed by atoms with E-state index >= 15 is 0 Å². The molecule has 6 nitrogen and oxygen atoms in total. The Bertz CT molecular complexity index is 412. The van der Waals surface area contributed by atoms with Gasteiger partial charge in [0.1, 0.15) is 0 Å². The average molecular weight is 328 g/mol. The number of hydrogen-bond donors (Lipinski definition) is 2. The molecule has 0 atom stereocenters. The minimum Gasteiger partial charge on any atom is -0.549 e. The number of nitrogens with one attached hydrogen (secondary N) is 2. The largest absolute Gasteiger partial charge is 1.00 e. The Labute approximate surface area is 202 Å². The fraction of sp³-hybridized carbons (Fsp3) is 0.333. The molecule has 0 aliphatic carbocycles. The second-order valence-corrected chi connectivity index (χ2v) is 3.71. The van der Waals surface area contributed by atoms with E-state index in [0.29, 0.717) is 19.6 Å². The fourth-order valence-corrected chi connectivity index (χ4v) is 1.36. The predicted molar refractivity (Wildman–Crippen MR) is 60.4 cm³/mol. The minimum absolute atomic E-state index is 0. The third kappa shape index (κ3) is 11.0. The second kappa shape index (κ2) is 14.0. The maximum absolute atomic E-state index is 10.5. The summed E-state index contributed by atoms with van der Waals surface area (Å²) in [5, 5.41) is 26.4. The zero-order valence-electron chi connectivity index (χ0n) is 11.8. The van der Waals surface area contributed by atoms with Crippen LogP contribution in [0.5, 0.6) is 0 Å². The summed E-state index contributed by atoms with van der Waals surface area (Å²) in [6.45, 7) is 1.54. The molecule has 0 saturated heterocycles. The van der Waals surface area contributed by atoms with Crippen molar-refractivity contribution in [2.45, 2.75) is 6.54 Å². The molecule has 1 aromatic rings. The maximum atomic E-state index is 10.5. The van der Waals surface area contributed by atoms with Crippen LogP contribution in [0.25, 0.3) is 0 Å². The normalized spacial score (nSPS) is 9.20. The molecule has 0 bridgehead atoms. The van der Waals surface area contributed by atoms with E-state index in [1.807, 2.05) is 0 Å². The molecule has 0 fully saturated rings. The Morgan fingerprint density at radius 1 is 0.950 bits per heavy atom. The van der Waals surface area contributed by atoms with Crippen LogP contribution >= 0.6 is 0 Å². The molecule has 98 valence electrons. The zero-order valence-corrected chi connectivity index (χ0v) is 18.0. The predicted octanol–water partition coefficient (Wildman–Crippen LogP) is -8.51. The van der Waals surface area contributed by atoms with Crippen molar-refractivity contribution < 1.29 is 123 Å². The number of benzene rings is 1. The first kappa shape index (κ1) is 23.6. The van der Waals surface area contributed by atoms with E-state index in [0.717, 1.165) is 5.56 Å². The summed E-state index contributed by atoms with van der Waals surface area (Å²) in [5.41, 5.74) is 1.09. The van der Waals surface area contributed by atoms with Crippen LogP contribution in [0, 0.1) is 0 Å². The molecule has 1 aromatic carbocycles. The van der Waals surface area contributed by atoms with Gasteiger partial charge in [-0.1, -0.05) is 24.3 Å². The monoisotopic (exact) mass is 328 g/mol. The van der Waals surface area contributed by atoms with Gasteiger partial charge in [0.05, 0.1) is 11.9 Å². The van der Waals surface area contributed by atoms with Crippen LogP contribution in [0.2, 0.25) is 0 Å². The summed E-state index contributed by atoms with van der Waals surface area (Å²) < 4.78 is 0. The van der Waals surface area contributed by atoms with Gasteiger partial charge in [0, 0.05) is 26.2 Å². The molecule has 0 unspecified atom stereocenters. The third-order valence-corrected chi connectivity index (χ3v) is 2.27. The SMILES string of the molecule is O=C([O-])CNCCNCc1ccc(C(=O)[O-])cc1.[K+].[K+]. The van der Waals surface area contributed by atoms with Crippen molar-refractivity contribution in [1.82, 2.24) is 10.6 Å². The first-order valence-corrected chi connectivity index (χ1v) is 5.51. The number of carboxylic acid groups (broad SMARTS) is 2. The van der Waals surface area contributed by atoms with Crippen molar-refractivity contribution in [3.8, 4) is 0 Å². The van der Waals surface area contributed by atoms with Crippen molar-refractivity contribution in [2.75, 3.05) is 19.6 Å². The molecule has 0 heterocycles. The zero-order chi connectivity index (χ0) is 13.4. The van der Waals surface area contributed by atoms with E-state index in [1.54, 1.807) is 12.1 Å². The number of hydrogen-bond acceptors (Lipinski definition) is 6. The molecule has 0 aliphatic heterocycles. The van der Waals surface area contributed by atoms with Crippen LogP contribution in [0.15, 0.2) is 24.3 Å². The Morgan fingerprint density at radius 2 is 1.50 bits per heavy atom. The molecule has 0 aromatic heterocycles. The number of aromatic carboxylic acids is 1. The fourth-order valence-electron chi connectivity index (χ4n) is 1.36. The van der Waals surface area contributed by atoms with Crippen LogP contribution in [-0.4, -0.2) is 31.6 Å². The Morgan fingerprint density at radius 3 is 2.00 bits per heavy atom. The van der Waals surface area contributed by atoms with Gasteiger partial charge < -0.3 is 30.4 Å². The molecular formula is C12H14K2N2O4. The van der Waals surface area contributed by atoms with Crippen molar-refractivity contribution in [1.29, 1.82) is 0 Å². The van der Waals surface area contributed by atoms with E-state index in [-0.39, 0.29) is 115 Å². The van der Waals surface area contributed by atoms with E-state index in [9.17, 15) is 19.8 Å². The Balaban J connectivity index is 0. The van der Waals surface area contributed by atoms with Gasteiger partial charge in [-0.25, -0.2) is 0 Å². The van der Waals surface area contributed by atoms with Gasteiger partial charge in [-0.2, -0.15) is 0 Å². The molecule has 0 aliphatic rings. The van der Waals surface area contributed by atoms with E-state index in [4.69, 9.17) is 0 Å². The van der Waals surface area contributed by atoms with Crippen molar-refractivity contribution in [2.24, 2.45) is 0 Å². The average Bonchev–Trinajstić information content (AvgIpc) is 2.34. The molecule has 0 saturated carbocycles. The molecular weight excluding hydrogens is 314 g/mol. The third-order valence-electron chi connectivity index (χ3n) is 2.27. The Hall–Kier alpha value is 1.35. The molecule has 8 heteroatoms. The summed E-state index contributed by atoms with van der Waals surface area (Å²) in [7, 11) is 0. The van der Waals surface area contributed by atoms with Crippen molar-refractivity contribution >= 4 is 11.9 Å². The van der Waals surface area contributed by atoms with Gasteiger partial charge in [0.25, 0.3) is 0 Å². The number of rotatable bonds is 8. The summed E-state index contributed by atoms with van der Waals surface area (Å²) in [6, 6.07) is 6.38. The van der Waals surface area contributed by atoms with Crippen LogP contribution in [0.4, 0.5) is 0 Å². The van der Waals surface area contributed by atoms with Crippen LogP contribution in [-0.2, 0) is 11.3 Å². The van der Waals surface area contributed by atoms with Gasteiger partial charge in [-0.15, -0.1) is 0 Å². The molecule has 0 radical (unpaired) electrons. The quantitative estimate of drug-likeness (QED) is 0.363. The van der Waals surface area contributed by atoms with Gasteiger partial charge in [0.15, 0.2) is 0 Å². The summed E-state index contributed by atoms with van der Waals surface area (Å²) in [4.78, 5) is 20.6. The minimum atomic E-state index is -1.19. The van der Waals surface area contributed by atoms with Crippen molar-refractivity contribution in [3.05, 3.63) is 35.4 Å². The maximum Gasteiger partial charge on any atom is 1.00 e. The standard InChI is InChI=1S/C12H16N2O4.2K/c15-11(16)8-14-6-5-13-7-9-1-3-10(4-2-9)12(17)18;;/h1-4,13-14H,5-8H2,(H,15,16)(H,17,18);;/q;2*+1/p-2. The summed E-state index contributed by atoms with van der Waals surface area (Å²) >= 11 is 0. The molecule has 0 spiro atoms. The second-order valence-electron chi connectivity index (χ2n) is 3.71. The summed E-state index contributed by atoms with van der Waals surface area (Å²) in [6.07, 6.45) is 0. The number of carbonyl (C=O) groups is 2. The van der Waals surface area contributed by atoms with Crippen LogP contribution in [0.3, 0.4) is 0 Å². The van der Waals surface area contributed by atoms with Crippen LogP contribution < -0.4 is 124 Å². The van der Waals surface area contributed by atoms with E-state index in [1.165, 1.54) is 12.1 Å². The van der Waals surface area contributed by atoms with Crippen molar-refractivity contribution in [3.63, 3.8) is 0 Å². The number of carbonyl (C=O) groups excluding carboxylic acids is 2. The van der Waals surface area contributed by atoms with Gasteiger partial charge in [0.2, 0.25) is 0 Å². The Kier molecular flexibility index (Phi) is 16.5.